The highest BCUT2D eigenvalue weighted by molar-refractivity contribution is 5.34. The topological polar surface area (TPSA) is 62.3 Å². The molecule has 2 N–H and O–H groups in total. The maximum absolute atomic E-state index is 13.3. The number of rotatable bonds is 4. The number of hydrogen-bond acceptors (Lipinski definition) is 4. The molecule has 0 aromatic heterocycles. The van der Waals surface area contributed by atoms with E-state index in [2.05, 4.69) is 4.90 Å². The van der Waals surface area contributed by atoms with Crippen LogP contribution in [0.2, 0.25) is 0 Å². The van der Waals surface area contributed by atoms with Crippen molar-refractivity contribution in [2.75, 3.05) is 20.2 Å². The average molecular weight is 277 g/mol. The maximum Gasteiger partial charge on any atom is 0.140 e. The fourth-order valence-electron chi connectivity index (χ4n) is 2.72. The molecule has 1 saturated heterocycles. The zero-order valence-corrected chi connectivity index (χ0v) is 11.7. The fraction of sp³-hybridized carbons (Fsp3) is 0.533. The van der Waals surface area contributed by atoms with E-state index in [1.807, 2.05) is 6.07 Å². The minimum atomic E-state index is -0.468. The molecular formula is C15H20FN3O. The monoisotopic (exact) mass is 277 g/mol. The van der Waals surface area contributed by atoms with Gasteiger partial charge in [0, 0.05) is 32.8 Å². The molecule has 1 aromatic carbocycles. The largest absolute Gasteiger partial charge is 0.381 e. The van der Waals surface area contributed by atoms with Gasteiger partial charge in [0.05, 0.1) is 11.7 Å². The molecule has 0 bridgehead atoms. The van der Waals surface area contributed by atoms with Crippen molar-refractivity contribution in [2.24, 2.45) is 5.73 Å². The third-order valence-corrected chi connectivity index (χ3v) is 3.93. The van der Waals surface area contributed by atoms with E-state index in [4.69, 9.17) is 15.7 Å². The Balaban J connectivity index is 2.07. The molecule has 0 radical (unpaired) electrons. The molecule has 1 heterocycles. The summed E-state index contributed by atoms with van der Waals surface area (Å²) in [7, 11) is 1.73. The van der Waals surface area contributed by atoms with Gasteiger partial charge in [-0.15, -0.1) is 0 Å². The van der Waals surface area contributed by atoms with E-state index in [1.54, 1.807) is 19.2 Å². The number of nitriles is 1. The molecule has 0 amide bonds. The van der Waals surface area contributed by atoms with Gasteiger partial charge in [0.1, 0.15) is 11.9 Å². The van der Waals surface area contributed by atoms with Gasteiger partial charge in [-0.3, -0.25) is 4.90 Å². The second-order valence-corrected chi connectivity index (χ2v) is 5.17. The number of nitrogens with zero attached hydrogens (tertiary/aromatic N) is 2. The third-order valence-electron chi connectivity index (χ3n) is 3.93. The van der Waals surface area contributed by atoms with Gasteiger partial charge < -0.3 is 10.5 Å². The van der Waals surface area contributed by atoms with Crippen LogP contribution in [0.3, 0.4) is 0 Å². The molecular weight excluding hydrogens is 257 g/mol. The van der Waals surface area contributed by atoms with Gasteiger partial charge in [0.25, 0.3) is 0 Å². The Morgan fingerprint density at radius 2 is 2.35 bits per heavy atom. The summed E-state index contributed by atoms with van der Waals surface area (Å²) in [6.45, 7) is 2.17. The molecule has 0 spiro atoms. The Hall–Kier alpha value is -1.48. The first kappa shape index (κ1) is 14.9. The highest BCUT2D eigenvalue weighted by atomic mass is 19.1. The molecule has 5 heteroatoms. The highest BCUT2D eigenvalue weighted by Crippen LogP contribution is 2.22. The van der Waals surface area contributed by atoms with Crippen molar-refractivity contribution >= 4 is 0 Å². The Kier molecular flexibility index (Phi) is 5.07. The van der Waals surface area contributed by atoms with E-state index < -0.39 is 5.82 Å². The van der Waals surface area contributed by atoms with Crippen LogP contribution in [0.4, 0.5) is 4.39 Å². The summed E-state index contributed by atoms with van der Waals surface area (Å²) < 4.78 is 18.7. The van der Waals surface area contributed by atoms with Gasteiger partial charge >= 0.3 is 0 Å². The number of nitrogens with two attached hydrogens (primary N) is 1. The lowest BCUT2D eigenvalue weighted by Gasteiger charge is -2.38. The summed E-state index contributed by atoms with van der Waals surface area (Å²) in [6, 6.07) is 6.84. The number of hydrogen-bond donors (Lipinski definition) is 1. The third kappa shape index (κ3) is 3.34. The molecule has 1 aliphatic rings. The molecule has 2 atom stereocenters. The van der Waals surface area contributed by atoms with Gasteiger partial charge in [-0.05, 0) is 30.5 Å². The van der Waals surface area contributed by atoms with E-state index in [9.17, 15) is 4.39 Å². The molecule has 108 valence electrons. The minimum Gasteiger partial charge on any atom is -0.381 e. The van der Waals surface area contributed by atoms with Crippen LogP contribution >= 0.6 is 0 Å². The first-order valence-electron chi connectivity index (χ1n) is 6.83. The van der Waals surface area contributed by atoms with Crippen LogP contribution < -0.4 is 5.73 Å². The van der Waals surface area contributed by atoms with E-state index in [-0.39, 0.29) is 17.7 Å². The van der Waals surface area contributed by atoms with Gasteiger partial charge in [0.2, 0.25) is 0 Å². The summed E-state index contributed by atoms with van der Waals surface area (Å²) in [6.07, 6.45) is 2.15. The van der Waals surface area contributed by atoms with Crippen LogP contribution in [0.25, 0.3) is 0 Å². The lowest BCUT2D eigenvalue weighted by molar-refractivity contribution is 0.0102. The molecule has 0 saturated carbocycles. The second-order valence-electron chi connectivity index (χ2n) is 5.17. The van der Waals surface area contributed by atoms with Crippen LogP contribution in [-0.4, -0.2) is 37.2 Å². The number of piperidine rings is 1. The summed E-state index contributed by atoms with van der Waals surface area (Å²) in [5.41, 5.74) is 6.87. The first-order valence-corrected chi connectivity index (χ1v) is 6.83. The number of halogens is 1. The average Bonchev–Trinajstić information content (AvgIpc) is 2.49. The molecule has 4 nitrogen and oxygen atoms in total. The summed E-state index contributed by atoms with van der Waals surface area (Å²) in [5, 5.41) is 8.87. The standard InChI is InChI=1S/C15H20FN3O/c1-20-14-4-5-19(13(7-14)9-18)10-11-2-3-15(16)12(6-11)8-17/h2-3,6,13-14H,4-5,7,9-10,18H2,1H3. The quantitative estimate of drug-likeness (QED) is 0.908. The van der Waals surface area contributed by atoms with Crippen LogP contribution in [0, 0.1) is 17.1 Å². The van der Waals surface area contributed by atoms with E-state index in [0.717, 1.165) is 24.9 Å². The van der Waals surface area contributed by atoms with Crippen molar-refractivity contribution in [3.8, 4) is 6.07 Å². The fourth-order valence-corrected chi connectivity index (χ4v) is 2.72. The van der Waals surface area contributed by atoms with Crippen molar-refractivity contribution < 1.29 is 9.13 Å². The number of benzene rings is 1. The predicted octanol–water partition coefficient (Wildman–Crippen LogP) is 1.64. The normalized spacial score (nSPS) is 23.5. The molecule has 2 rings (SSSR count). The Bertz CT molecular complexity index is 500. The van der Waals surface area contributed by atoms with E-state index >= 15 is 0 Å². The molecule has 20 heavy (non-hydrogen) atoms. The van der Waals surface area contributed by atoms with Crippen molar-refractivity contribution in [2.45, 2.75) is 31.5 Å². The summed E-state index contributed by atoms with van der Waals surface area (Å²) in [5.74, 6) is -0.468. The van der Waals surface area contributed by atoms with Gasteiger partial charge in [-0.1, -0.05) is 6.07 Å². The Morgan fingerprint density at radius 1 is 1.55 bits per heavy atom. The first-order chi connectivity index (χ1) is 9.67. The molecule has 1 aliphatic heterocycles. The maximum atomic E-state index is 13.3. The smallest absolute Gasteiger partial charge is 0.140 e. The second kappa shape index (κ2) is 6.80. The van der Waals surface area contributed by atoms with Crippen LogP contribution in [0.15, 0.2) is 18.2 Å². The number of methoxy groups -OCH3 is 1. The van der Waals surface area contributed by atoms with E-state index in [0.29, 0.717) is 13.1 Å². The van der Waals surface area contributed by atoms with Crippen molar-refractivity contribution in [1.29, 1.82) is 5.26 Å². The molecule has 1 aromatic rings. The summed E-state index contributed by atoms with van der Waals surface area (Å²) in [4.78, 5) is 2.28. The van der Waals surface area contributed by atoms with Crippen LogP contribution in [-0.2, 0) is 11.3 Å². The van der Waals surface area contributed by atoms with Crippen LogP contribution in [0.1, 0.15) is 24.0 Å². The van der Waals surface area contributed by atoms with E-state index in [1.165, 1.54) is 6.07 Å². The predicted molar refractivity (Wildman–Crippen MR) is 74.4 cm³/mol. The van der Waals surface area contributed by atoms with Crippen molar-refractivity contribution in [1.82, 2.24) is 4.90 Å². The number of likely N-dealkylation sites (tertiary alicyclic amines) is 1. The summed E-state index contributed by atoms with van der Waals surface area (Å²) >= 11 is 0. The number of ether oxygens (including phenoxy) is 1. The highest BCUT2D eigenvalue weighted by Gasteiger charge is 2.27. The Morgan fingerprint density at radius 3 is 3.00 bits per heavy atom. The SMILES string of the molecule is COC1CCN(Cc2ccc(F)c(C#N)c2)C(CN)C1. The van der Waals surface area contributed by atoms with Gasteiger partial charge in [0.15, 0.2) is 0 Å². The van der Waals surface area contributed by atoms with Gasteiger partial charge in [-0.25, -0.2) is 4.39 Å². The molecule has 1 fully saturated rings. The van der Waals surface area contributed by atoms with Crippen LogP contribution in [0.5, 0.6) is 0 Å². The van der Waals surface area contributed by atoms with Crippen molar-refractivity contribution in [3.05, 3.63) is 35.1 Å². The zero-order chi connectivity index (χ0) is 14.5. The lowest BCUT2D eigenvalue weighted by atomic mass is 9.98. The Labute approximate surface area is 118 Å². The lowest BCUT2D eigenvalue weighted by Crippen LogP contribution is -2.47. The van der Waals surface area contributed by atoms with Crippen molar-refractivity contribution in [3.63, 3.8) is 0 Å². The molecule has 0 aliphatic carbocycles. The molecule has 2 unspecified atom stereocenters. The van der Waals surface area contributed by atoms with Gasteiger partial charge in [-0.2, -0.15) is 5.26 Å². The zero-order valence-electron chi connectivity index (χ0n) is 11.7. The minimum absolute atomic E-state index is 0.0959.